The van der Waals surface area contributed by atoms with Crippen LogP contribution in [0.5, 0.6) is 0 Å². The summed E-state index contributed by atoms with van der Waals surface area (Å²) < 4.78 is 13.6. The zero-order chi connectivity index (χ0) is 27.1. The Bertz CT molecular complexity index is 1500. The van der Waals surface area contributed by atoms with Gasteiger partial charge >= 0.3 is 0 Å². The number of carbonyl (C=O) groups excluding carboxylic acids is 2. The molecule has 5 heterocycles. The molecule has 0 atom stereocenters. The standard InChI is InChI=1S/C28H29ClFN7O2/c1-16-22(34-21-7-10-37(28(39)23(16)21)12-11-36-8-3-2-4-9-36)14-18-24-25(31-15-32-26(24)35-27(18)38)33-17-5-6-20(30)19(29)13-17/h5-6,13-15,34H,2-4,7-12H2,1H3,(H2,31,32,33,35,38)/b18-14+. The van der Waals surface area contributed by atoms with Crippen LogP contribution in [0.25, 0.3) is 11.6 Å². The Kier molecular flexibility index (Phi) is 6.82. The predicted molar refractivity (Wildman–Crippen MR) is 149 cm³/mol. The lowest BCUT2D eigenvalue weighted by Gasteiger charge is -2.32. The number of H-pyrrole nitrogens is 1. The highest BCUT2D eigenvalue weighted by Crippen LogP contribution is 2.38. The first-order valence-electron chi connectivity index (χ1n) is 13.2. The number of rotatable bonds is 6. The molecule has 9 nitrogen and oxygen atoms in total. The normalized spacial score (nSPS) is 18.3. The lowest BCUT2D eigenvalue weighted by molar-refractivity contribution is -0.110. The summed E-state index contributed by atoms with van der Waals surface area (Å²) in [5, 5.41) is 5.87. The van der Waals surface area contributed by atoms with Crippen LogP contribution in [0.3, 0.4) is 0 Å². The summed E-state index contributed by atoms with van der Waals surface area (Å²) >= 11 is 5.94. The van der Waals surface area contributed by atoms with E-state index in [-0.39, 0.29) is 16.8 Å². The Morgan fingerprint density at radius 1 is 1.10 bits per heavy atom. The third-order valence-electron chi connectivity index (χ3n) is 7.70. The van der Waals surface area contributed by atoms with Crippen molar-refractivity contribution in [2.75, 3.05) is 43.4 Å². The number of aromatic nitrogens is 3. The molecule has 39 heavy (non-hydrogen) atoms. The number of hydrogen-bond donors (Lipinski definition) is 3. The van der Waals surface area contributed by atoms with Crippen LogP contribution in [0, 0.1) is 12.7 Å². The maximum absolute atomic E-state index is 13.6. The molecule has 2 amide bonds. The quantitative estimate of drug-likeness (QED) is 0.387. The number of benzene rings is 1. The highest BCUT2D eigenvalue weighted by atomic mass is 35.5. The molecule has 0 unspecified atom stereocenters. The van der Waals surface area contributed by atoms with Crippen molar-refractivity contribution in [3.05, 3.63) is 63.4 Å². The van der Waals surface area contributed by atoms with Crippen molar-refractivity contribution in [2.24, 2.45) is 0 Å². The van der Waals surface area contributed by atoms with E-state index in [0.29, 0.717) is 46.3 Å². The van der Waals surface area contributed by atoms with Gasteiger partial charge in [-0.2, -0.15) is 0 Å². The smallest absolute Gasteiger partial charge is 0.257 e. The van der Waals surface area contributed by atoms with Crippen LogP contribution < -0.4 is 10.6 Å². The summed E-state index contributed by atoms with van der Waals surface area (Å²) in [6.45, 7) is 6.39. The first-order chi connectivity index (χ1) is 18.9. The number of nitrogens with one attached hydrogen (secondary N) is 3. The van der Waals surface area contributed by atoms with Gasteiger partial charge in [0.1, 0.15) is 23.8 Å². The van der Waals surface area contributed by atoms with Crippen molar-refractivity contribution in [3.63, 3.8) is 0 Å². The Hall–Kier alpha value is -3.76. The largest absolute Gasteiger partial charge is 0.358 e. The minimum Gasteiger partial charge on any atom is -0.358 e. The van der Waals surface area contributed by atoms with Crippen molar-refractivity contribution in [3.8, 4) is 0 Å². The highest BCUT2D eigenvalue weighted by Gasteiger charge is 2.32. The second-order valence-electron chi connectivity index (χ2n) is 10.2. The van der Waals surface area contributed by atoms with Gasteiger partial charge in [0.15, 0.2) is 0 Å². The van der Waals surface area contributed by atoms with Crippen molar-refractivity contribution in [2.45, 2.75) is 32.6 Å². The lowest BCUT2D eigenvalue weighted by Crippen LogP contribution is -2.43. The molecular formula is C28H29ClFN7O2. The first kappa shape index (κ1) is 25.5. The molecule has 202 valence electrons. The molecule has 1 fully saturated rings. The molecular weight excluding hydrogens is 521 g/mol. The van der Waals surface area contributed by atoms with Gasteiger partial charge in [0.05, 0.1) is 21.7 Å². The monoisotopic (exact) mass is 549 g/mol. The fourth-order valence-corrected chi connectivity index (χ4v) is 5.76. The maximum Gasteiger partial charge on any atom is 0.257 e. The number of likely N-dealkylation sites (tertiary alicyclic amines) is 1. The van der Waals surface area contributed by atoms with Gasteiger partial charge in [-0.05, 0) is 62.7 Å². The number of amides is 2. The summed E-state index contributed by atoms with van der Waals surface area (Å²) in [4.78, 5) is 42.8. The lowest BCUT2D eigenvalue weighted by atomic mass is 10.0. The van der Waals surface area contributed by atoms with Crippen LogP contribution in [-0.2, 0) is 11.2 Å². The summed E-state index contributed by atoms with van der Waals surface area (Å²) in [7, 11) is 0. The fourth-order valence-electron chi connectivity index (χ4n) is 5.58. The molecule has 3 aliphatic rings. The van der Waals surface area contributed by atoms with Gasteiger partial charge in [-0.1, -0.05) is 18.0 Å². The molecule has 0 radical (unpaired) electrons. The number of hydrogen-bond acceptors (Lipinski definition) is 6. The van der Waals surface area contributed by atoms with Gasteiger partial charge in [-0.15, -0.1) is 0 Å². The Morgan fingerprint density at radius 2 is 1.92 bits per heavy atom. The molecule has 1 saturated heterocycles. The molecule has 2 aromatic heterocycles. The van der Waals surface area contributed by atoms with E-state index in [1.807, 2.05) is 11.8 Å². The second kappa shape index (κ2) is 10.4. The Labute approximate surface area is 230 Å². The van der Waals surface area contributed by atoms with Gasteiger partial charge in [0.2, 0.25) is 0 Å². The third-order valence-corrected chi connectivity index (χ3v) is 7.99. The summed E-state index contributed by atoms with van der Waals surface area (Å²) in [5.41, 5.74) is 4.45. The van der Waals surface area contributed by atoms with Crippen LogP contribution in [0.2, 0.25) is 5.02 Å². The minimum atomic E-state index is -0.529. The van der Waals surface area contributed by atoms with E-state index in [1.54, 1.807) is 6.08 Å². The molecule has 0 bridgehead atoms. The van der Waals surface area contributed by atoms with Gasteiger partial charge in [-0.25, -0.2) is 14.4 Å². The molecule has 1 aromatic carbocycles. The number of aromatic amines is 1. The first-order valence-corrected chi connectivity index (χ1v) is 13.6. The zero-order valence-corrected chi connectivity index (χ0v) is 22.4. The number of piperidine rings is 1. The van der Waals surface area contributed by atoms with Crippen LogP contribution >= 0.6 is 11.6 Å². The van der Waals surface area contributed by atoms with E-state index >= 15 is 0 Å². The SMILES string of the molecule is Cc1c(/C=C2/C(=O)Nc3ncnc(Nc4ccc(F)c(Cl)c4)c32)[nH]c2c1C(=O)N(CCN1CCCCC1)CC2. The Balaban J connectivity index is 1.28. The maximum atomic E-state index is 13.6. The van der Waals surface area contributed by atoms with Gasteiger partial charge in [-0.3, -0.25) is 9.59 Å². The second-order valence-corrected chi connectivity index (χ2v) is 10.6. The molecule has 3 N–H and O–H groups in total. The van der Waals surface area contributed by atoms with Crippen LogP contribution in [0.1, 0.15) is 52.1 Å². The molecule has 3 aromatic rings. The molecule has 0 aliphatic carbocycles. The molecule has 0 spiro atoms. The molecule has 11 heteroatoms. The van der Waals surface area contributed by atoms with E-state index in [4.69, 9.17) is 11.6 Å². The van der Waals surface area contributed by atoms with Crippen molar-refractivity contribution in [1.82, 2.24) is 24.8 Å². The predicted octanol–water partition coefficient (Wildman–Crippen LogP) is 4.63. The van der Waals surface area contributed by atoms with E-state index in [0.717, 1.165) is 43.9 Å². The number of anilines is 3. The van der Waals surface area contributed by atoms with Gasteiger partial charge in [0.25, 0.3) is 11.8 Å². The van der Waals surface area contributed by atoms with Crippen LogP contribution in [0.4, 0.5) is 21.7 Å². The van der Waals surface area contributed by atoms with E-state index in [1.165, 1.54) is 43.8 Å². The third kappa shape index (κ3) is 4.90. The average Bonchev–Trinajstić information content (AvgIpc) is 3.43. The Morgan fingerprint density at radius 3 is 2.72 bits per heavy atom. The summed E-state index contributed by atoms with van der Waals surface area (Å²) in [5.74, 6) is -0.0839. The van der Waals surface area contributed by atoms with E-state index in [9.17, 15) is 14.0 Å². The molecule has 0 saturated carbocycles. The van der Waals surface area contributed by atoms with Gasteiger partial charge < -0.3 is 25.4 Å². The summed E-state index contributed by atoms with van der Waals surface area (Å²) in [6.07, 6.45) is 7.55. The van der Waals surface area contributed by atoms with Crippen molar-refractivity contribution in [1.29, 1.82) is 0 Å². The fraction of sp³-hybridized carbons (Fsp3) is 0.357. The van der Waals surface area contributed by atoms with E-state index < -0.39 is 5.82 Å². The van der Waals surface area contributed by atoms with Crippen LogP contribution in [-0.4, -0.2) is 69.3 Å². The topological polar surface area (TPSA) is 106 Å². The number of carbonyl (C=O) groups is 2. The number of fused-ring (bicyclic) bond motifs is 2. The average molecular weight is 550 g/mol. The van der Waals surface area contributed by atoms with Crippen LogP contribution in [0.15, 0.2) is 24.5 Å². The summed E-state index contributed by atoms with van der Waals surface area (Å²) in [6, 6.07) is 4.24. The highest BCUT2D eigenvalue weighted by molar-refractivity contribution is 6.35. The van der Waals surface area contributed by atoms with Crippen molar-refractivity contribution >= 4 is 52.4 Å². The minimum absolute atomic E-state index is 0.0295. The molecule has 3 aliphatic heterocycles. The number of halogens is 2. The van der Waals surface area contributed by atoms with Gasteiger partial charge in [0, 0.05) is 43.1 Å². The number of nitrogens with zero attached hydrogens (tertiary/aromatic N) is 4. The van der Waals surface area contributed by atoms with E-state index in [2.05, 4.69) is 30.5 Å². The van der Waals surface area contributed by atoms with Crippen molar-refractivity contribution < 1.29 is 14.0 Å². The molecule has 6 rings (SSSR count). The zero-order valence-electron chi connectivity index (χ0n) is 21.6.